The fraction of sp³-hybridized carbons (Fsp3) is 0.714. The molecule has 6 heteroatoms. The van der Waals surface area contributed by atoms with Crippen LogP contribution in [0.15, 0.2) is 6.07 Å². The number of aromatic nitrogens is 2. The first-order chi connectivity index (χ1) is 9.60. The molecule has 2 rings (SSSR count). The Balaban J connectivity index is 2.18. The molecule has 20 heavy (non-hydrogen) atoms. The van der Waals surface area contributed by atoms with Gasteiger partial charge in [0.1, 0.15) is 0 Å². The van der Waals surface area contributed by atoms with E-state index in [9.17, 15) is 5.11 Å². The monoisotopic (exact) mass is 281 g/mol. The molecular weight excluding hydrogens is 258 g/mol. The summed E-state index contributed by atoms with van der Waals surface area (Å²) in [5.74, 6) is 2.02. The van der Waals surface area contributed by atoms with Crippen LogP contribution >= 0.6 is 0 Å². The molecule has 1 aromatic rings. The van der Waals surface area contributed by atoms with Crippen LogP contribution in [0.25, 0.3) is 0 Å². The minimum atomic E-state index is -0.343. The molecule has 0 saturated heterocycles. The van der Waals surface area contributed by atoms with E-state index in [0.29, 0.717) is 23.6 Å². The summed E-state index contributed by atoms with van der Waals surface area (Å²) in [6.07, 6.45) is 4.00. The third-order valence-corrected chi connectivity index (χ3v) is 4.01. The van der Waals surface area contributed by atoms with Crippen molar-refractivity contribution in [2.75, 3.05) is 26.1 Å². The molecule has 0 bridgehead atoms. The second-order valence-electron chi connectivity index (χ2n) is 5.52. The van der Waals surface area contributed by atoms with Gasteiger partial charge >= 0.3 is 0 Å². The number of aliphatic hydroxyl groups excluding tert-OH is 1. The van der Waals surface area contributed by atoms with Gasteiger partial charge < -0.3 is 19.9 Å². The lowest BCUT2D eigenvalue weighted by Gasteiger charge is -2.38. The third kappa shape index (κ3) is 3.30. The SMILES string of the molecule is COc1cc(OC)nc(NC2(CO)CCC(C)CC2)n1. The van der Waals surface area contributed by atoms with Crippen molar-refractivity contribution >= 4 is 5.95 Å². The van der Waals surface area contributed by atoms with Crippen molar-refractivity contribution < 1.29 is 14.6 Å². The Kier molecular flexibility index (Phi) is 4.65. The van der Waals surface area contributed by atoms with E-state index in [2.05, 4.69) is 22.2 Å². The van der Waals surface area contributed by atoms with Crippen LogP contribution in [0.1, 0.15) is 32.6 Å². The van der Waals surface area contributed by atoms with Gasteiger partial charge in [-0.15, -0.1) is 0 Å². The van der Waals surface area contributed by atoms with Gasteiger partial charge in [-0.25, -0.2) is 0 Å². The van der Waals surface area contributed by atoms with Crippen LogP contribution < -0.4 is 14.8 Å². The predicted octanol–water partition coefficient (Wildman–Crippen LogP) is 1.85. The molecule has 0 spiro atoms. The summed E-state index contributed by atoms with van der Waals surface area (Å²) in [6, 6.07) is 1.62. The molecule has 0 aromatic carbocycles. The normalized spacial score (nSPS) is 26.1. The highest BCUT2D eigenvalue weighted by Gasteiger charge is 2.34. The fourth-order valence-electron chi connectivity index (χ4n) is 2.54. The van der Waals surface area contributed by atoms with E-state index in [0.717, 1.165) is 25.7 Å². The van der Waals surface area contributed by atoms with Crippen LogP contribution in [-0.4, -0.2) is 41.4 Å². The van der Waals surface area contributed by atoms with E-state index in [1.54, 1.807) is 20.3 Å². The number of ether oxygens (including phenoxy) is 2. The lowest BCUT2D eigenvalue weighted by atomic mass is 9.77. The molecule has 0 unspecified atom stereocenters. The number of methoxy groups -OCH3 is 2. The Labute approximate surface area is 119 Å². The van der Waals surface area contributed by atoms with Crippen molar-refractivity contribution in [3.8, 4) is 11.8 Å². The molecular formula is C14H23N3O3. The number of nitrogens with one attached hydrogen (secondary N) is 1. The summed E-state index contributed by atoms with van der Waals surface area (Å²) >= 11 is 0. The molecule has 1 aliphatic rings. The molecule has 6 nitrogen and oxygen atoms in total. The Morgan fingerprint density at radius 3 is 2.25 bits per heavy atom. The summed E-state index contributed by atoms with van der Waals surface area (Å²) < 4.78 is 10.3. The molecule has 0 amide bonds. The van der Waals surface area contributed by atoms with E-state index < -0.39 is 0 Å². The van der Waals surface area contributed by atoms with Crippen molar-refractivity contribution in [3.63, 3.8) is 0 Å². The summed E-state index contributed by atoms with van der Waals surface area (Å²) in [4.78, 5) is 8.54. The van der Waals surface area contributed by atoms with E-state index >= 15 is 0 Å². The van der Waals surface area contributed by atoms with Gasteiger partial charge in [0, 0.05) is 0 Å². The topological polar surface area (TPSA) is 76.5 Å². The first kappa shape index (κ1) is 14.8. The number of hydrogen-bond donors (Lipinski definition) is 2. The molecule has 1 heterocycles. The third-order valence-electron chi connectivity index (χ3n) is 4.01. The largest absolute Gasteiger partial charge is 0.481 e. The molecule has 0 atom stereocenters. The predicted molar refractivity (Wildman–Crippen MR) is 76.2 cm³/mol. The molecule has 0 aliphatic heterocycles. The van der Waals surface area contributed by atoms with E-state index in [4.69, 9.17) is 9.47 Å². The fourth-order valence-corrected chi connectivity index (χ4v) is 2.54. The second kappa shape index (κ2) is 6.26. The standard InChI is InChI=1S/C14H23N3O3/c1-10-4-6-14(9-18,7-5-10)17-13-15-11(19-2)8-12(16-13)20-3/h8,10,18H,4-7,9H2,1-3H3,(H,15,16,17). The maximum atomic E-state index is 9.76. The van der Waals surface area contributed by atoms with Crippen molar-refractivity contribution in [2.45, 2.75) is 38.1 Å². The van der Waals surface area contributed by atoms with Crippen molar-refractivity contribution in [2.24, 2.45) is 5.92 Å². The average Bonchev–Trinajstić information content (AvgIpc) is 2.49. The lowest BCUT2D eigenvalue weighted by molar-refractivity contribution is 0.154. The Bertz CT molecular complexity index is 423. The van der Waals surface area contributed by atoms with E-state index in [1.165, 1.54) is 0 Å². The zero-order chi connectivity index (χ0) is 14.6. The van der Waals surface area contributed by atoms with Crippen molar-refractivity contribution in [1.82, 2.24) is 9.97 Å². The first-order valence-electron chi connectivity index (χ1n) is 6.97. The van der Waals surface area contributed by atoms with Crippen LogP contribution in [0, 0.1) is 5.92 Å². The van der Waals surface area contributed by atoms with Crippen LogP contribution in [0.2, 0.25) is 0 Å². The zero-order valence-electron chi connectivity index (χ0n) is 12.3. The maximum absolute atomic E-state index is 9.76. The molecule has 1 aliphatic carbocycles. The molecule has 2 N–H and O–H groups in total. The van der Waals surface area contributed by atoms with Gasteiger partial charge in [0.25, 0.3) is 0 Å². The summed E-state index contributed by atoms with van der Waals surface area (Å²) in [6.45, 7) is 2.31. The summed E-state index contributed by atoms with van der Waals surface area (Å²) in [5.41, 5.74) is -0.343. The van der Waals surface area contributed by atoms with E-state index in [1.807, 2.05) is 0 Å². The van der Waals surface area contributed by atoms with Crippen molar-refractivity contribution in [1.29, 1.82) is 0 Å². The minimum absolute atomic E-state index is 0.0720. The average molecular weight is 281 g/mol. The molecule has 0 radical (unpaired) electrons. The molecule has 1 saturated carbocycles. The van der Waals surface area contributed by atoms with Gasteiger partial charge in [-0.3, -0.25) is 0 Å². The highest BCUT2D eigenvalue weighted by atomic mass is 16.5. The summed E-state index contributed by atoms with van der Waals surface area (Å²) in [5, 5.41) is 13.0. The Morgan fingerprint density at radius 2 is 1.80 bits per heavy atom. The van der Waals surface area contributed by atoms with Crippen LogP contribution in [0.3, 0.4) is 0 Å². The van der Waals surface area contributed by atoms with Gasteiger partial charge in [0.2, 0.25) is 17.7 Å². The van der Waals surface area contributed by atoms with Gasteiger partial charge in [0.05, 0.1) is 32.4 Å². The zero-order valence-corrected chi connectivity index (χ0v) is 12.3. The smallest absolute Gasteiger partial charge is 0.229 e. The molecule has 1 aromatic heterocycles. The lowest BCUT2D eigenvalue weighted by Crippen LogP contribution is -2.45. The van der Waals surface area contributed by atoms with Gasteiger partial charge in [-0.05, 0) is 31.6 Å². The maximum Gasteiger partial charge on any atom is 0.229 e. The Hall–Kier alpha value is -1.56. The van der Waals surface area contributed by atoms with Crippen molar-refractivity contribution in [3.05, 3.63) is 6.07 Å². The highest BCUT2D eigenvalue weighted by Crippen LogP contribution is 2.34. The molecule has 1 fully saturated rings. The van der Waals surface area contributed by atoms with Gasteiger partial charge in [-0.2, -0.15) is 9.97 Å². The van der Waals surface area contributed by atoms with Gasteiger partial charge in [0.15, 0.2) is 0 Å². The van der Waals surface area contributed by atoms with Crippen LogP contribution in [0.4, 0.5) is 5.95 Å². The minimum Gasteiger partial charge on any atom is -0.481 e. The van der Waals surface area contributed by atoms with Crippen LogP contribution in [-0.2, 0) is 0 Å². The number of aliphatic hydroxyl groups is 1. The number of rotatable bonds is 5. The van der Waals surface area contributed by atoms with E-state index in [-0.39, 0.29) is 12.1 Å². The number of hydrogen-bond acceptors (Lipinski definition) is 6. The first-order valence-corrected chi connectivity index (χ1v) is 6.97. The quantitative estimate of drug-likeness (QED) is 0.857. The van der Waals surface area contributed by atoms with Crippen LogP contribution in [0.5, 0.6) is 11.8 Å². The Morgan fingerprint density at radius 1 is 1.25 bits per heavy atom. The second-order valence-corrected chi connectivity index (χ2v) is 5.52. The van der Waals surface area contributed by atoms with Gasteiger partial charge in [-0.1, -0.05) is 6.92 Å². The molecule has 112 valence electrons. The number of anilines is 1. The summed E-state index contributed by atoms with van der Waals surface area (Å²) in [7, 11) is 3.10. The number of nitrogens with zero attached hydrogens (tertiary/aromatic N) is 2. The highest BCUT2D eigenvalue weighted by molar-refractivity contribution is 5.36.